The Labute approximate surface area is 222 Å². The number of halogens is 1. The maximum absolute atomic E-state index is 14.1. The minimum atomic E-state index is -0.918. The smallest absolute Gasteiger partial charge is 0.159 e. The molecule has 1 heterocycles. The highest BCUT2D eigenvalue weighted by Crippen LogP contribution is 2.24. The van der Waals surface area contributed by atoms with Crippen molar-refractivity contribution in [2.75, 3.05) is 13.2 Å². The maximum Gasteiger partial charge on any atom is 0.159 e. The summed E-state index contributed by atoms with van der Waals surface area (Å²) in [5.41, 5.74) is 2.87. The Balaban J connectivity index is 1.43. The van der Waals surface area contributed by atoms with Crippen molar-refractivity contribution in [1.29, 1.82) is 0 Å². The van der Waals surface area contributed by atoms with Gasteiger partial charge in [-0.3, -0.25) is 0 Å². The molecular weight excluding hydrogens is 463 g/mol. The first-order valence-corrected chi connectivity index (χ1v) is 14.1. The van der Waals surface area contributed by atoms with E-state index in [1.54, 1.807) is 0 Å². The zero-order chi connectivity index (χ0) is 26.1. The Morgan fingerprint density at radius 2 is 1.16 bits per heavy atom. The van der Waals surface area contributed by atoms with Gasteiger partial charge in [0.05, 0.1) is 6.61 Å². The second kappa shape index (κ2) is 16.7. The van der Waals surface area contributed by atoms with Crippen LogP contribution < -0.4 is 9.47 Å². The van der Waals surface area contributed by atoms with E-state index in [-0.39, 0.29) is 6.61 Å². The summed E-state index contributed by atoms with van der Waals surface area (Å²) < 4.78 is 25.6. The van der Waals surface area contributed by atoms with Crippen LogP contribution in [0.1, 0.15) is 84.5 Å². The summed E-state index contributed by atoms with van der Waals surface area (Å²) >= 11 is 0. The predicted octanol–water partition coefficient (Wildman–Crippen LogP) is 9.24. The van der Waals surface area contributed by atoms with Crippen molar-refractivity contribution < 1.29 is 13.9 Å². The van der Waals surface area contributed by atoms with Crippen molar-refractivity contribution in [2.45, 2.75) is 90.6 Å². The van der Waals surface area contributed by atoms with Gasteiger partial charge in [0, 0.05) is 23.5 Å². The van der Waals surface area contributed by atoms with Crippen LogP contribution in [0, 0.1) is 0 Å². The van der Waals surface area contributed by atoms with Gasteiger partial charge in [0.15, 0.2) is 5.82 Å². The van der Waals surface area contributed by atoms with Gasteiger partial charge in [0.1, 0.15) is 24.3 Å². The van der Waals surface area contributed by atoms with Crippen LogP contribution in [0.4, 0.5) is 4.39 Å². The summed E-state index contributed by atoms with van der Waals surface area (Å²) in [5, 5.41) is 0. The molecule has 1 aromatic heterocycles. The Morgan fingerprint density at radius 3 is 1.78 bits per heavy atom. The number of aromatic nitrogens is 2. The van der Waals surface area contributed by atoms with E-state index >= 15 is 0 Å². The third kappa shape index (κ3) is 10.5. The standard InChI is InChI=1S/C32H43FN2O2/c1-3-5-7-9-11-13-29(33)25-37-31-18-14-26(15-19-31)28-23-34-32(35-24-28)27-16-20-30(21-17-27)36-22-12-10-8-6-4-2/h14-21,23-24,29H,3-13,22,25H2,1-2H3. The fourth-order valence-electron chi connectivity index (χ4n) is 4.21. The Hall–Kier alpha value is -2.95. The molecule has 0 aliphatic carbocycles. The van der Waals surface area contributed by atoms with Crippen molar-refractivity contribution in [3.05, 3.63) is 60.9 Å². The quantitative estimate of drug-likeness (QED) is 0.161. The molecule has 0 aliphatic heterocycles. The van der Waals surface area contributed by atoms with Crippen molar-refractivity contribution >= 4 is 0 Å². The minimum Gasteiger partial charge on any atom is -0.494 e. The largest absolute Gasteiger partial charge is 0.494 e. The van der Waals surface area contributed by atoms with Crippen LogP contribution in [-0.2, 0) is 0 Å². The summed E-state index contributed by atoms with van der Waals surface area (Å²) in [7, 11) is 0. The van der Waals surface area contributed by atoms with Gasteiger partial charge >= 0.3 is 0 Å². The third-order valence-corrected chi connectivity index (χ3v) is 6.52. The molecule has 37 heavy (non-hydrogen) atoms. The first-order chi connectivity index (χ1) is 18.2. The highest BCUT2D eigenvalue weighted by molar-refractivity contribution is 5.64. The van der Waals surface area contributed by atoms with Crippen LogP contribution >= 0.6 is 0 Å². The van der Waals surface area contributed by atoms with Gasteiger partial charge in [-0.1, -0.05) is 83.8 Å². The van der Waals surface area contributed by atoms with Gasteiger partial charge in [-0.25, -0.2) is 14.4 Å². The highest BCUT2D eigenvalue weighted by atomic mass is 19.1. The molecular formula is C32H43FN2O2. The van der Waals surface area contributed by atoms with E-state index in [0.717, 1.165) is 48.3 Å². The molecule has 0 fully saturated rings. The number of benzene rings is 2. The van der Waals surface area contributed by atoms with E-state index in [1.165, 1.54) is 44.9 Å². The molecule has 200 valence electrons. The van der Waals surface area contributed by atoms with Crippen molar-refractivity contribution in [3.63, 3.8) is 0 Å². The van der Waals surface area contributed by atoms with Crippen LogP contribution in [-0.4, -0.2) is 29.4 Å². The molecule has 0 aliphatic rings. The summed E-state index contributed by atoms with van der Waals surface area (Å²) in [6.45, 7) is 5.27. The first kappa shape index (κ1) is 28.6. The summed E-state index contributed by atoms with van der Waals surface area (Å²) in [6, 6.07) is 15.6. The van der Waals surface area contributed by atoms with Gasteiger partial charge < -0.3 is 9.47 Å². The molecule has 0 radical (unpaired) electrons. The molecule has 0 saturated carbocycles. The lowest BCUT2D eigenvalue weighted by atomic mass is 10.1. The molecule has 4 nitrogen and oxygen atoms in total. The zero-order valence-corrected chi connectivity index (χ0v) is 22.6. The number of nitrogens with zero attached hydrogens (tertiary/aromatic N) is 2. The molecule has 0 N–H and O–H groups in total. The number of alkyl halides is 1. The molecule has 3 rings (SSSR count). The molecule has 1 unspecified atom stereocenters. The van der Waals surface area contributed by atoms with E-state index in [0.29, 0.717) is 18.0 Å². The second-order valence-corrected chi connectivity index (χ2v) is 9.72. The van der Waals surface area contributed by atoms with Gasteiger partial charge in [-0.05, 0) is 54.8 Å². The topological polar surface area (TPSA) is 44.2 Å². The Morgan fingerprint density at radius 1 is 0.622 bits per heavy atom. The summed E-state index contributed by atoms with van der Waals surface area (Å²) in [6.07, 6.45) is 15.1. The molecule has 0 saturated heterocycles. The van der Waals surface area contributed by atoms with E-state index in [4.69, 9.17) is 9.47 Å². The van der Waals surface area contributed by atoms with Gasteiger partial charge in [-0.15, -0.1) is 0 Å². The van der Waals surface area contributed by atoms with Crippen molar-refractivity contribution in [2.24, 2.45) is 0 Å². The number of rotatable bonds is 18. The van der Waals surface area contributed by atoms with Crippen molar-refractivity contribution in [3.8, 4) is 34.0 Å². The summed E-state index contributed by atoms with van der Waals surface area (Å²) in [5.74, 6) is 2.24. The van der Waals surface area contributed by atoms with E-state index < -0.39 is 6.17 Å². The average molecular weight is 507 g/mol. The molecule has 3 aromatic rings. The van der Waals surface area contributed by atoms with E-state index in [1.807, 2.05) is 60.9 Å². The average Bonchev–Trinajstić information content (AvgIpc) is 2.94. The van der Waals surface area contributed by atoms with E-state index in [9.17, 15) is 4.39 Å². The molecule has 0 amide bonds. The van der Waals surface area contributed by atoms with Crippen LogP contribution in [0.15, 0.2) is 60.9 Å². The fourth-order valence-corrected chi connectivity index (χ4v) is 4.21. The SMILES string of the molecule is CCCCCCCOc1ccc(-c2ncc(-c3ccc(OCC(F)CCCCCCC)cc3)cn2)cc1. The lowest BCUT2D eigenvalue weighted by molar-refractivity contribution is 0.184. The molecule has 0 bridgehead atoms. The maximum atomic E-state index is 14.1. The lowest BCUT2D eigenvalue weighted by Crippen LogP contribution is -2.12. The van der Waals surface area contributed by atoms with Gasteiger partial charge in [0.2, 0.25) is 0 Å². The molecule has 2 aromatic carbocycles. The predicted molar refractivity (Wildman–Crippen MR) is 151 cm³/mol. The summed E-state index contributed by atoms with van der Waals surface area (Å²) in [4.78, 5) is 9.11. The van der Waals surface area contributed by atoms with Crippen LogP contribution in [0.25, 0.3) is 22.5 Å². The fraction of sp³-hybridized carbons (Fsp3) is 0.500. The minimum absolute atomic E-state index is 0.105. The second-order valence-electron chi connectivity index (χ2n) is 9.72. The lowest BCUT2D eigenvalue weighted by Gasteiger charge is -2.11. The number of ether oxygens (including phenoxy) is 2. The van der Waals surface area contributed by atoms with Gasteiger partial charge in [0.25, 0.3) is 0 Å². The van der Waals surface area contributed by atoms with Gasteiger partial charge in [-0.2, -0.15) is 0 Å². The zero-order valence-electron chi connectivity index (χ0n) is 22.6. The number of hydrogen-bond donors (Lipinski definition) is 0. The first-order valence-electron chi connectivity index (χ1n) is 14.1. The van der Waals surface area contributed by atoms with Crippen molar-refractivity contribution in [1.82, 2.24) is 9.97 Å². The number of hydrogen-bond acceptors (Lipinski definition) is 4. The monoisotopic (exact) mass is 506 g/mol. The Kier molecular flexibility index (Phi) is 12.9. The molecule has 5 heteroatoms. The highest BCUT2D eigenvalue weighted by Gasteiger charge is 2.08. The van der Waals surface area contributed by atoms with Crippen LogP contribution in [0.2, 0.25) is 0 Å². The van der Waals surface area contributed by atoms with E-state index in [2.05, 4.69) is 23.8 Å². The van der Waals surface area contributed by atoms with Crippen LogP contribution in [0.3, 0.4) is 0 Å². The molecule has 1 atom stereocenters. The van der Waals surface area contributed by atoms with Crippen LogP contribution in [0.5, 0.6) is 11.5 Å². The molecule has 0 spiro atoms. The normalized spacial score (nSPS) is 11.9. The Bertz CT molecular complexity index is 991. The third-order valence-electron chi connectivity index (χ3n) is 6.52. The number of unbranched alkanes of at least 4 members (excludes halogenated alkanes) is 8.